The monoisotopic (exact) mass is 231 g/mol. The zero-order valence-electron chi connectivity index (χ0n) is 9.41. The average Bonchev–Trinajstić information content (AvgIpc) is 2.38. The number of pyridine rings is 1. The van der Waals surface area contributed by atoms with Crippen molar-refractivity contribution in [2.24, 2.45) is 0 Å². The van der Waals surface area contributed by atoms with Gasteiger partial charge in [0.25, 0.3) is 0 Å². The number of nitrogens with one attached hydrogen (secondary N) is 1. The highest BCUT2D eigenvalue weighted by Gasteiger charge is 2.14. The maximum atomic E-state index is 13.6. The van der Waals surface area contributed by atoms with Crippen LogP contribution in [0.1, 0.15) is 5.56 Å². The Labute approximate surface area is 97.6 Å². The molecule has 0 fully saturated rings. The number of fused-ring (bicyclic) bond motifs is 1. The van der Waals surface area contributed by atoms with E-state index < -0.39 is 5.82 Å². The smallest absolute Gasteiger partial charge is 0.149 e. The molecule has 0 aliphatic carbocycles. The molecular formula is C12H10FN3O. The van der Waals surface area contributed by atoms with Crippen LogP contribution in [-0.2, 0) is 0 Å². The first-order valence-electron chi connectivity index (χ1n) is 4.96. The Morgan fingerprint density at radius 2 is 2.24 bits per heavy atom. The van der Waals surface area contributed by atoms with Crippen LogP contribution >= 0.6 is 0 Å². The lowest BCUT2D eigenvalue weighted by Crippen LogP contribution is -1.99. The van der Waals surface area contributed by atoms with Gasteiger partial charge in [0.05, 0.1) is 23.7 Å². The zero-order valence-corrected chi connectivity index (χ0v) is 9.41. The van der Waals surface area contributed by atoms with E-state index in [1.54, 1.807) is 7.05 Å². The number of methoxy groups -OCH3 is 1. The van der Waals surface area contributed by atoms with Crippen molar-refractivity contribution in [3.8, 4) is 11.8 Å². The van der Waals surface area contributed by atoms with Gasteiger partial charge in [-0.1, -0.05) is 0 Å². The fourth-order valence-corrected chi connectivity index (χ4v) is 1.76. The number of nitriles is 1. The van der Waals surface area contributed by atoms with Gasteiger partial charge in [0.2, 0.25) is 0 Å². The molecule has 0 aliphatic heterocycles. The highest BCUT2D eigenvalue weighted by atomic mass is 19.1. The number of hydrogen-bond acceptors (Lipinski definition) is 4. The molecule has 0 amide bonds. The van der Waals surface area contributed by atoms with Crippen LogP contribution in [0, 0.1) is 17.1 Å². The summed E-state index contributed by atoms with van der Waals surface area (Å²) in [5.74, 6) is 0.0390. The summed E-state index contributed by atoms with van der Waals surface area (Å²) in [7, 11) is 3.16. The molecule has 2 aromatic rings. The quantitative estimate of drug-likeness (QED) is 0.861. The second-order valence-corrected chi connectivity index (χ2v) is 3.38. The lowest BCUT2D eigenvalue weighted by Gasteiger charge is -2.11. The summed E-state index contributed by atoms with van der Waals surface area (Å²) in [6.45, 7) is 0. The highest BCUT2D eigenvalue weighted by molar-refractivity contribution is 5.98. The van der Waals surface area contributed by atoms with Gasteiger partial charge in [-0.2, -0.15) is 5.26 Å². The second kappa shape index (κ2) is 4.26. The number of rotatable bonds is 2. The summed E-state index contributed by atoms with van der Waals surface area (Å²) in [5, 5.41) is 12.3. The first-order valence-corrected chi connectivity index (χ1v) is 4.96. The van der Waals surface area contributed by atoms with E-state index in [4.69, 9.17) is 10.00 Å². The Kier molecular flexibility index (Phi) is 2.79. The summed E-state index contributed by atoms with van der Waals surface area (Å²) in [6.07, 6.45) is 1.34. The van der Waals surface area contributed by atoms with Gasteiger partial charge in [0.15, 0.2) is 0 Å². The maximum absolute atomic E-state index is 13.6. The number of halogens is 1. The lowest BCUT2D eigenvalue weighted by molar-refractivity contribution is 0.419. The van der Waals surface area contributed by atoms with Gasteiger partial charge in [-0.05, 0) is 12.1 Å². The van der Waals surface area contributed by atoms with Gasteiger partial charge in [-0.15, -0.1) is 0 Å². The predicted molar refractivity (Wildman–Crippen MR) is 62.5 cm³/mol. The largest absolute Gasteiger partial charge is 0.496 e. The van der Waals surface area contributed by atoms with E-state index >= 15 is 0 Å². The fourth-order valence-electron chi connectivity index (χ4n) is 1.76. The third-order valence-corrected chi connectivity index (χ3v) is 2.52. The van der Waals surface area contributed by atoms with Gasteiger partial charge < -0.3 is 10.1 Å². The van der Waals surface area contributed by atoms with Crippen LogP contribution in [0.2, 0.25) is 0 Å². The zero-order chi connectivity index (χ0) is 12.4. The molecule has 86 valence electrons. The molecule has 1 heterocycles. The fraction of sp³-hybridized carbons (Fsp3) is 0.167. The number of anilines is 1. The van der Waals surface area contributed by atoms with Crippen molar-refractivity contribution >= 4 is 16.6 Å². The Morgan fingerprint density at radius 3 is 2.82 bits per heavy atom. The molecule has 5 heteroatoms. The molecule has 4 nitrogen and oxygen atoms in total. The summed E-state index contributed by atoms with van der Waals surface area (Å²) in [5.41, 5.74) is 1.06. The SMILES string of the molecule is CNc1c(C#N)cnc2c(F)ccc(OC)c12. The third kappa shape index (κ3) is 1.64. The van der Waals surface area contributed by atoms with Crippen molar-refractivity contribution < 1.29 is 9.13 Å². The van der Waals surface area contributed by atoms with Crippen molar-refractivity contribution in [1.29, 1.82) is 5.26 Å². The van der Waals surface area contributed by atoms with Crippen LogP contribution in [0.25, 0.3) is 10.9 Å². The minimum atomic E-state index is -0.443. The minimum Gasteiger partial charge on any atom is -0.496 e. The predicted octanol–water partition coefficient (Wildman–Crippen LogP) is 2.30. The lowest BCUT2D eigenvalue weighted by atomic mass is 10.1. The van der Waals surface area contributed by atoms with Crippen LogP contribution in [0.5, 0.6) is 5.75 Å². The molecule has 17 heavy (non-hydrogen) atoms. The minimum absolute atomic E-state index is 0.188. The number of nitrogens with zero attached hydrogens (tertiary/aromatic N) is 2. The van der Waals surface area contributed by atoms with Crippen LogP contribution in [0.15, 0.2) is 18.3 Å². The third-order valence-electron chi connectivity index (χ3n) is 2.52. The number of hydrogen-bond donors (Lipinski definition) is 1. The molecule has 2 rings (SSSR count). The molecule has 0 aliphatic rings. The van der Waals surface area contributed by atoms with E-state index in [1.165, 1.54) is 25.4 Å². The van der Waals surface area contributed by atoms with Crippen LogP contribution in [-0.4, -0.2) is 19.1 Å². The number of benzene rings is 1. The van der Waals surface area contributed by atoms with Crippen molar-refractivity contribution in [2.45, 2.75) is 0 Å². The second-order valence-electron chi connectivity index (χ2n) is 3.38. The molecule has 0 radical (unpaired) electrons. The van der Waals surface area contributed by atoms with Gasteiger partial charge in [-0.25, -0.2) is 4.39 Å². The van der Waals surface area contributed by atoms with Crippen LogP contribution in [0.3, 0.4) is 0 Å². The Balaban J connectivity index is 2.96. The van der Waals surface area contributed by atoms with Crippen molar-refractivity contribution in [2.75, 3.05) is 19.5 Å². The standard InChI is InChI=1S/C12H10FN3O/c1-15-11-7(5-14)6-16-12-8(13)3-4-9(17-2)10(11)12/h3-4,6H,1-2H3,(H,15,16). The Morgan fingerprint density at radius 1 is 1.47 bits per heavy atom. The van der Waals surface area contributed by atoms with Gasteiger partial charge >= 0.3 is 0 Å². The summed E-state index contributed by atoms with van der Waals surface area (Å²) in [4.78, 5) is 3.95. The average molecular weight is 231 g/mol. The molecule has 0 unspecified atom stereocenters. The number of aromatic nitrogens is 1. The van der Waals surface area contributed by atoms with Gasteiger partial charge in [0.1, 0.15) is 23.2 Å². The highest BCUT2D eigenvalue weighted by Crippen LogP contribution is 2.34. The molecule has 0 saturated carbocycles. The van der Waals surface area contributed by atoms with Crippen molar-refractivity contribution in [1.82, 2.24) is 4.98 Å². The first kappa shape index (κ1) is 11.1. The van der Waals surface area contributed by atoms with Crippen LogP contribution in [0.4, 0.5) is 10.1 Å². The number of ether oxygens (including phenoxy) is 1. The Bertz CT molecular complexity index is 619. The summed E-state index contributed by atoms with van der Waals surface area (Å²) in [6, 6.07) is 4.81. The van der Waals surface area contributed by atoms with E-state index in [0.29, 0.717) is 22.4 Å². The summed E-state index contributed by atoms with van der Waals surface area (Å²) < 4.78 is 18.8. The topological polar surface area (TPSA) is 57.9 Å². The molecule has 1 N–H and O–H groups in total. The van der Waals surface area contributed by atoms with Crippen molar-refractivity contribution in [3.63, 3.8) is 0 Å². The van der Waals surface area contributed by atoms with Gasteiger partial charge in [-0.3, -0.25) is 4.98 Å². The summed E-state index contributed by atoms with van der Waals surface area (Å²) >= 11 is 0. The molecule has 0 atom stereocenters. The van der Waals surface area contributed by atoms with E-state index in [2.05, 4.69) is 10.3 Å². The Hall–Kier alpha value is -2.35. The maximum Gasteiger partial charge on any atom is 0.149 e. The van der Waals surface area contributed by atoms with E-state index in [9.17, 15) is 4.39 Å². The van der Waals surface area contributed by atoms with Gasteiger partial charge in [0, 0.05) is 13.2 Å². The molecule has 1 aromatic carbocycles. The van der Waals surface area contributed by atoms with Crippen LogP contribution < -0.4 is 10.1 Å². The first-order chi connectivity index (χ1) is 8.22. The molecular weight excluding hydrogens is 221 g/mol. The normalized spacial score (nSPS) is 10.0. The van der Waals surface area contributed by atoms with Crippen molar-refractivity contribution in [3.05, 3.63) is 29.7 Å². The van der Waals surface area contributed by atoms with E-state index in [0.717, 1.165) is 0 Å². The van der Waals surface area contributed by atoms with E-state index in [-0.39, 0.29) is 5.52 Å². The molecule has 1 aromatic heterocycles. The molecule has 0 bridgehead atoms. The molecule has 0 spiro atoms. The van der Waals surface area contributed by atoms with E-state index in [1.807, 2.05) is 6.07 Å². The molecule has 0 saturated heterocycles.